The number of aromatic nitrogens is 2. The molecule has 152 valence electrons. The minimum absolute atomic E-state index is 0.136. The molecule has 1 amide bonds. The van der Waals surface area contributed by atoms with Gasteiger partial charge in [0.25, 0.3) is 0 Å². The molecule has 3 rings (SSSR count). The van der Waals surface area contributed by atoms with E-state index in [1.807, 2.05) is 23.8 Å². The SMILES string of the molecule is CNC(=O)CN(CCCCn1ccnc1C)S(=O)(=O)c1cccc2c1OCC2. The van der Waals surface area contributed by atoms with E-state index in [0.29, 0.717) is 25.2 Å². The van der Waals surface area contributed by atoms with Crippen molar-refractivity contribution in [3.05, 3.63) is 42.0 Å². The van der Waals surface area contributed by atoms with Crippen LogP contribution in [0.4, 0.5) is 0 Å². The number of rotatable bonds is 9. The maximum atomic E-state index is 13.3. The van der Waals surface area contributed by atoms with Crippen molar-refractivity contribution in [2.45, 2.75) is 37.6 Å². The summed E-state index contributed by atoms with van der Waals surface area (Å²) < 4.78 is 35.4. The Morgan fingerprint density at radius 2 is 2.18 bits per heavy atom. The first-order valence-electron chi connectivity index (χ1n) is 9.36. The molecule has 2 heterocycles. The van der Waals surface area contributed by atoms with Gasteiger partial charge in [-0.25, -0.2) is 13.4 Å². The average molecular weight is 407 g/mol. The van der Waals surface area contributed by atoms with Crippen LogP contribution < -0.4 is 10.1 Å². The van der Waals surface area contributed by atoms with Gasteiger partial charge in [-0.3, -0.25) is 4.79 Å². The van der Waals surface area contributed by atoms with Gasteiger partial charge in [-0.2, -0.15) is 4.31 Å². The summed E-state index contributed by atoms with van der Waals surface area (Å²) in [5.41, 5.74) is 0.886. The minimum Gasteiger partial charge on any atom is -0.492 e. The minimum atomic E-state index is -3.85. The van der Waals surface area contributed by atoms with Crippen LogP contribution in [0.15, 0.2) is 35.5 Å². The Labute approximate surface area is 165 Å². The van der Waals surface area contributed by atoms with Crippen molar-refractivity contribution >= 4 is 15.9 Å². The molecule has 1 aromatic heterocycles. The molecule has 0 radical (unpaired) electrons. The molecule has 0 saturated heterocycles. The summed E-state index contributed by atoms with van der Waals surface area (Å²) in [6, 6.07) is 5.14. The van der Waals surface area contributed by atoms with E-state index in [1.165, 1.54) is 11.4 Å². The Bertz CT molecular complexity index is 939. The summed E-state index contributed by atoms with van der Waals surface area (Å²) in [4.78, 5) is 16.3. The summed E-state index contributed by atoms with van der Waals surface area (Å²) in [6.07, 6.45) is 5.75. The molecule has 1 aliphatic heterocycles. The van der Waals surface area contributed by atoms with Crippen LogP contribution in [-0.4, -0.2) is 54.9 Å². The Morgan fingerprint density at radius 1 is 1.36 bits per heavy atom. The van der Waals surface area contributed by atoms with Gasteiger partial charge >= 0.3 is 0 Å². The molecule has 9 heteroatoms. The lowest BCUT2D eigenvalue weighted by molar-refractivity contribution is -0.120. The third-order valence-electron chi connectivity index (χ3n) is 4.88. The molecule has 0 fully saturated rings. The Kier molecular flexibility index (Phi) is 6.35. The van der Waals surface area contributed by atoms with E-state index in [9.17, 15) is 13.2 Å². The van der Waals surface area contributed by atoms with Crippen LogP contribution in [0.2, 0.25) is 0 Å². The first-order chi connectivity index (χ1) is 13.4. The van der Waals surface area contributed by atoms with Crippen molar-refractivity contribution in [1.29, 1.82) is 0 Å². The maximum Gasteiger partial charge on any atom is 0.247 e. The number of likely N-dealkylation sites (N-methyl/N-ethyl adjacent to an activating group) is 1. The van der Waals surface area contributed by atoms with Gasteiger partial charge in [-0.15, -0.1) is 0 Å². The predicted molar refractivity (Wildman–Crippen MR) is 105 cm³/mol. The molecule has 8 nitrogen and oxygen atoms in total. The fourth-order valence-corrected chi connectivity index (χ4v) is 4.87. The Hall–Kier alpha value is -2.39. The van der Waals surface area contributed by atoms with E-state index >= 15 is 0 Å². The summed E-state index contributed by atoms with van der Waals surface area (Å²) in [5.74, 6) is 0.993. The fraction of sp³-hybridized carbons (Fsp3) is 0.474. The topological polar surface area (TPSA) is 93.5 Å². The second-order valence-electron chi connectivity index (χ2n) is 6.73. The molecule has 0 spiro atoms. The molecule has 28 heavy (non-hydrogen) atoms. The highest BCUT2D eigenvalue weighted by Gasteiger charge is 2.31. The number of nitrogens with zero attached hydrogens (tertiary/aromatic N) is 3. The molecule has 0 aliphatic carbocycles. The molecule has 0 atom stereocenters. The summed E-state index contributed by atoms with van der Waals surface area (Å²) >= 11 is 0. The standard InChI is InChI=1S/C19H26N4O4S/c1-15-21-9-12-22(15)10-3-4-11-23(14-18(24)20-2)28(25,26)17-7-5-6-16-8-13-27-19(16)17/h5-7,9,12H,3-4,8,10-11,13-14H2,1-2H3,(H,20,24). The molecule has 0 saturated carbocycles. The van der Waals surface area contributed by atoms with Crippen molar-refractivity contribution in [2.24, 2.45) is 0 Å². The third kappa shape index (κ3) is 4.36. The van der Waals surface area contributed by atoms with Crippen LogP contribution in [-0.2, 0) is 27.8 Å². The van der Waals surface area contributed by atoms with Gasteiger partial charge in [0, 0.05) is 39.0 Å². The van der Waals surface area contributed by atoms with Crippen LogP contribution in [0.3, 0.4) is 0 Å². The van der Waals surface area contributed by atoms with Crippen LogP contribution in [0, 0.1) is 6.92 Å². The number of aryl methyl sites for hydroxylation is 2. The number of unbranched alkanes of at least 4 members (excludes halogenated alkanes) is 1. The van der Waals surface area contributed by atoms with Crippen molar-refractivity contribution in [2.75, 3.05) is 26.7 Å². The van der Waals surface area contributed by atoms with Gasteiger partial charge in [-0.05, 0) is 31.4 Å². The number of nitrogens with one attached hydrogen (secondary N) is 1. The molecule has 1 N–H and O–H groups in total. The van der Waals surface area contributed by atoms with Gasteiger partial charge in [0.1, 0.15) is 16.5 Å². The number of carbonyl (C=O) groups is 1. The number of hydrogen-bond acceptors (Lipinski definition) is 5. The van der Waals surface area contributed by atoms with Gasteiger partial charge in [-0.1, -0.05) is 12.1 Å². The number of para-hydroxylation sites is 1. The zero-order valence-electron chi connectivity index (χ0n) is 16.2. The summed E-state index contributed by atoms with van der Waals surface area (Å²) in [7, 11) is -2.35. The van der Waals surface area contributed by atoms with Crippen molar-refractivity contribution < 1.29 is 17.9 Å². The highest BCUT2D eigenvalue weighted by molar-refractivity contribution is 7.89. The lowest BCUT2D eigenvalue weighted by Crippen LogP contribution is -2.40. The number of fused-ring (bicyclic) bond motifs is 1. The smallest absolute Gasteiger partial charge is 0.247 e. The fourth-order valence-electron chi connectivity index (χ4n) is 3.26. The monoisotopic (exact) mass is 406 g/mol. The van der Waals surface area contributed by atoms with Crippen LogP contribution in [0.5, 0.6) is 5.75 Å². The molecule has 2 aromatic rings. The van der Waals surface area contributed by atoms with Crippen molar-refractivity contribution in [1.82, 2.24) is 19.2 Å². The average Bonchev–Trinajstić information content (AvgIpc) is 3.32. The summed E-state index contributed by atoms with van der Waals surface area (Å²) in [5, 5.41) is 2.50. The number of benzene rings is 1. The van der Waals surface area contributed by atoms with Gasteiger partial charge in [0.05, 0.1) is 13.2 Å². The highest BCUT2D eigenvalue weighted by Crippen LogP contribution is 2.34. The molecular weight excluding hydrogens is 380 g/mol. The maximum absolute atomic E-state index is 13.3. The van der Waals surface area contributed by atoms with E-state index < -0.39 is 10.0 Å². The predicted octanol–water partition coefficient (Wildman–Crippen LogP) is 1.34. The van der Waals surface area contributed by atoms with E-state index in [0.717, 1.165) is 24.4 Å². The highest BCUT2D eigenvalue weighted by atomic mass is 32.2. The number of carbonyl (C=O) groups excluding carboxylic acids is 1. The second-order valence-corrected chi connectivity index (χ2v) is 8.64. The Morgan fingerprint density at radius 3 is 2.89 bits per heavy atom. The van der Waals surface area contributed by atoms with Gasteiger partial charge in [0.2, 0.25) is 15.9 Å². The third-order valence-corrected chi connectivity index (χ3v) is 6.74. The second kappa shape index (κ2) is 8.74. The molecular formula is C19H26N4O4S. The van der Waals surface area contributed by atoms with Crippen molar-refractivity contribution in [3.63, 3.8) is 0 Å². The number of sulfonamides is 1. The van der Waals surface area contributed by atoms with E-state index in [1.54, 1.807) is 18.3 Å². The number of hydrogen-bond donors (Lipinski definition) is 1. The summed E-state index contributed by atoms with van der Waals surface area (Å²) in [6.45, 7) is 3.20. The van der Waals surface area contributed by atoms with E-state index in [4.69, 9.17) is 4.74 Å². The Balaban J connectivity index is 1.74. The molecule has 0 bridgehead atoms. The number of amides is 1. The zero-order valence-corrected chi connectivity index (χ0v) is 17.0. The van der Waals surface area contributed by atoms with Crippen LogP contribution in [0.25, 0.3) is 0 Å². The van der Waals surface area contributed by atoms with Crippen LogP contribution in [0.1, 0.15) is 24.2 Å². The van der Waals surface area contributed by atoms with Crippen LogP contribution >= 0.6 is 0 Å². The van der Waals surface area contributed by atoms with Gasteiger partial charge in [0.15, 0.2) is 0 Å². The normalized spacial score (nSPS) is 13.4. The first kappa shape index (κ1) is 20.3. The molecule has 1 aliphatic rings. The largest absolute Gasteiger partial charge is 0.492 e. The lowest BCUT2D eigenvalue weighted by Gasteiger charge is -2.22. The molecule has 0 unspecified atom stereocenters. The quantitative estimate of drug-likeness (QED) is 0.635. The lowest BCUT2D eigenvalue weighted by atomic mass is 10.2. The van der Waals surface area contributed by atoms with Crippen molar-refractivity contribution in [3.8, 4) is 5.75 Å². The number of imidazole rings is 1. The zero-order chi connectivity index (χ0) is 20.1. The van der Waals surface area contributed by atoms with E-state index in [-0.39, 0.29) is 23.9 Å². The number of ether oxygens (including phenoxy) is 1. The van der Waals surface area contributed by atoms with Gasteiger partial charge < -0.3 is 14.6 Å². The molecule has 1 aromatic carbocycles. The van der Waals surface area contributed by atoms with E-state index in [2.05, 4.69) is 10.3 Å². The first-order valence-corrected chi connectivity index (χ1v) is 10.8.